The average molecular weight is 289 g/mol. The smallest absolute Gasteiger partial charge is 0.129 e. The van der Waals surface area contributed by atoms with E-state index in [0.717, 1.165) is 19.6 Å². The maximum Gasteiger partial charge on any atom is 0.129 e. The van der Waals surface area contributed by atoms with E-state index in [2.05, 4.69) is 50.0 Å². The Morgan fingerprint density at radius 3 is 2.81 bits per heavy atom. The molecule has 1 saturated heterocycles. The highest BCUT2D eigenvalue weighted by atomic mass is 15.2. The summed E-state index contributed by atoms with van der Waals surface area (Å²) < 4.78 is 0. The summed E-state index contributed by atoms with van der Waals surface area (Å²) in [5.41, 5.74) is 2.49. The minimum absolute atomic E-state index is 0.676. The fraction of sp³-hybridized carbons (Fsp3) is 0.722. The molecule has 3 nitrogen and oxygen atoms in total. The van der Waals surface area contributed by atoms with Crippen LogP contribution in [0.25, 0.3) is 0 Å². The Balaban J connectivity index is 2.03. The molecule has 1 atom stereocenters. The molecule has 1 aromatic rings. The van der Waals surface area contributed by atoms with Crippen LogP contribution in [0, 0.1) is 12.8 Å². The van der Waals surface area contributed by atoms with Crippen LogP contribution in [0.3, 0.4) is 0 Å². The Hall–Kier alpha value is -1.09. The lowest BCUT2D eigenvalue weighted by molar-refractivity contribution is 0.446. The summed E-state index contributed by atoms with van der Waals surface area (Å²) in [4.78, 5) is 7.39. The van der Waals surface area contributed by atoms with Crippen LogP contribution in [-0.2, 0) is 6.54 Å². The lowest BCUT2D eigenvalue weighted by atomic mass is 10.00. The molecule has 0 aliphatic carbocycles. The number of anilines is 1. The predicted octanol–water partition coefficient (Wildman–Crippen LogP) is 3.90. The van der Waals surface area contributed by atoms with E-state index in [1.807, 2.05) is 0 Å². The first kappa shape index (κ1) is 16.3. The zero-order valence-corrected chi connectivity index (χ0v) is 14.2. The number of aryl methyl sites for hydroxylation is 1. The fourth-order valence-corrected chi connectivity index (χ4v) is 3.15. The maximum absolute atomic E-state index is 4.88. The molecule has 1 N–H and O–H groups in total. The quantitative estimate of drug-likeness (QED) is 0.860. The third kappa shape index (κ3) is 4.44. The van der Waals surface area contributed by atoms with E-state index in [1.165, 1.54) is 42.8 Å². The molecule has 3 heteroatoms. The van der Waals surface area contributed by atoms with Crippen molar-refractivity contribution in [2.75, 3.05) is 18.0 Å². The van der Waals surface area contributed by atoms with Gasteiger partial charge in [0.05, 0.1) is 0 Å². The minimum Gasteiger partial charge on any atom is -0.354 e. The number of piperidine rings is 1. The first-order valence-electron chi connectivity index (χ1n) is 8.55. The topological polar surface area (TPSA) is 28.2 Å². The van der Waals surface area contributed by atoms with Gasteiger partial charge in [-0.05, 0) is 56.7 Å². The summed E-state index contributed by atoms with van der Waals surface area (Å²) in [6, 6.07) is 5.15. The van der Waals surface area contributed by atoms with E-state index in [0.29, 0.717) is 12.0 Å². The zero-order valence-electron chi connectivity index (χ0n) is 14.2. The molecule has 0 radical (unpaired) electrons. The van der Waals surface area contributed by atoms with Gasteiger partial charge in [-0.25, -0.2) is 4.98 Å². The van der Waals surface area contributed by atoms with Gasteiger partial charge in [-0.3, -0.25) is 0 Å². The van der Waals surface area contributed by atoms with Crippen LogP contribution in [0.1, 0.15) is 57.7 Å². The van der Waals surface area contributed by atoms with Gasteiger partial charge >= 0.3 is 0 Å². The number of nitrogens with one attached hydrogen (secondary N) is 1. The average Bonchev–Trinajstić information content (AvgIpc) is 2.48. The van der Waals surface area contributed by atoms with Crippen molar-refractivity contribution in [2.24, 2.45) is 5.92 Å². The predicted molar refractivity (Wildman–Crippen MR) is 90.8 cm³/mol. The molecule has 118 valence electrons. The van der Waals surface area contributed by atoms with Gasteiger partial charge < -0.3 is 10.2 Å². The molecular formula is C18H31N3. The van der Waals surface area contributed by atoms with E-state index in [9.17, 15) is 0 Å². The molecule has 1 unspecified atom stereocenters. The van der Waals surface area contributed by atoms with Crippen LogP contribution >= 0.6 is 0 Å². The van der Waals surface area contributed by atoms with Gasteiger partial charge in [-0.15, -0.1) is 0 Å². The number of nitrogens with zero attached hydrogens (tertiary/aromatic N) is 2. The van der Waals surface area contributed by atoms with Crippen molar-refractivity contribution in [1.29, 1.82) is 0 Å². The molecule has 1 aromatic heterocycles. The molecule has 1 aliphatic rings. The SMILES string of the molecule is CCC1CCCCN1c1ccc(CNCC(C)C)c(C)n1. The van der Waals surface area contributed by atoms with E-state index < -0.39 is 0 Å². The van der Waals surface area contributed by atoms with Crippen molar-refractivity contribution in [2.45, 2.75) is 66.0 Å². The highest BCUT2D eigenvalue weighted by Gasteiger charge is 2.22. The van der Waals surface area contributed by atoms with Gasteiger partial charge in [0.25, 0.3) is 0 Å². The van der Waals surface area contributed by atoms with Gasteiger partial charge in [0.2, 0.25) is 0 Å². The second kappa shape index (κ2) is 7.79. The molecule has 1 fully saturated rings. The van der Waals surface area contributed by atoms with E-state index >= 15 is 0 Å². The van der Waals surface area contributed by atoms with Crippen molar-refractivity contribution in [3.05, 3.63) is 23.4 Å². The molecule has 1 aliphatic heterocycles. The maximum atomic E-state index is 4.88. The monoisotopic (exact) mass is 289 g/mol. The molecule has 2 rings (SSSR count). The number of pyridine rings is 1. The van der Waals surface area contributed by atoms with Crippen molar-refractivity contribution in [3.63, 3.8) is 0 Å². The first-order chi connectivity index (χ1) is 10.1. The van der Waals surface area contributed by atoms with Crippen LogP contribution in [0.5, 0.6) is 0 Å². The van der Waals surface area contributed by atoms with Gasteiger partial charge in [0, 0.05) is 24.8 Å². The highest BCUT2D eigenvalue weighted by molar-refractivity contribution is 5.43. The Morgan fingerprint density at radius 1 is 1.33 bits per heavy atom. The number of aromatic nitrogens is 1. The summed E-state index contributed by atoms with van der Waals surface area (Å²) in [6.45, 7) is 12.1. The van der Waals surface area contributed by atoms with Gasteiger partial charge in [0.15, 0.2) is 0 Å². The number of rotatable bonds is 6. The van der Waals surface area contributed by atoms with Crippen LogP contribution in [0.4, 0.5) is 5.82 Å². The Labute approximate surface area is 130 Å². The highest BCUT2D eigenvalue weighted by Crippen LogP contribution is 2.25. The molecule has 21 heavy (non-hydrogen) atoms. The standard InChI is InChI=1S/C18H31N3/c1-5-17-8-6-7-11-21(17)18-10-9-16(15(4)20-18)13-19-12-14(2)3/h9-10,14,17,19H,5-8,11-13H2,1-4H3. The Kier molecular flexibility index (Phi) is 6.04. The minimum atomic E-state index is 0.676. The van der Waals surface area contributed by atoms with Crippen LogP contribution in [0.2, 0.25) is 0 Å². The molecule has 2 heterocycles. The van der Waals surface area contributed by atoms with Crippen molar-refractivity contribution >= 4 is 5.82 Å². The summed E-state index contributed by atoms with van der Waals surface area (Å²) >= 11 is 0. The summed E-state index contributed by atoms with van der Waals surface area (Å²) in [7, 11) is 0. The van der Waals surface area contributed by atoms with E-state index in [-0.39, 0.29) is 0 Å². The van der Waals surface area contributed by atoms with Crippen molar-refractivity contribution in [3.8, 4) is 0 Å². The molecule has 0 amide bonds. The number of hydrogen-bond acceptors (Lipinski definition) is 3. The van der Waals surface area contributed by atoms with Crippen LogP contribution < -0.4 is 10.2 Å². The van der Waals surface area contributed by atoms with Crippen LogP contribution in [-0.4, -0.2) is 24.1 Å². The van der Waals surface area contributed by atoms with E-state index in [4.69, 9.17) is 4.98 Å². The summed E-state index contributed by atoms with van der Waals surface area (Å²) in [5, 5.41) is 3.51. The van der Waals surface area contributed by atoms with Gasteiger partial charge in [0.1, 0.15) is 5.82 Å². The summed E-state index contributed by atoms with van der Waals surface area (Å²) in [6.07, 6.45) is 5.20. The fourth-order valence-electron chi connectivity index (χ4n) is 3.15. The molecule has 0 spiro atoms. The van der Waals surface area contributed by atoms with Crippen molar-refractivity contribution < 1.29 is 0 Å². The summed E-state index contributed by atoms with van der Waals surface area (Å²) in [5.74, 6) is 1.86. The number of hydrogen-bond donors (Lipinski definition) is 1. The molecular weight excluding hydrogens is 258 g/mol. The normalized spacial score (nSPS) is 19.3. The Morgan fingerprint density at radius 2 is 2.14 bits per heavy atom. The van der Waals surface area contributed by atoms with Crippen LogP contribution in [0.15, 0.2) is 12.1 Å². The lowest BCUT2D eigenvalue weighted by Crippen LogP contribution is -2.39. The zero-order chi connectivity index (χ0) is 15.2. The van der Waals surface area contributed by atoms with Crippen molar-refractivity contribution in [1.82, 2.24) is 10.3 Å². The second-order valence-electron chi connectivity index (χ2n) is 6.69. The third-order valence-electron chi connectivity index (χ3n) is 4.44. The Bertz CT molecular complexity index is 442. The molecule has 0 saturated carbocycles. The van der Waals surface area contributed by atoms with Gasteiger partial charge in [-0.2, -0.15) is 0 Å². The second-order valence-corrected chi connectivity index (χ2v) is 6.69. The third-order valence-corrected chi connectivity index (χ3v) is 4.44. The largest absolute Gasteiger partial charge is 0.354 e. The van der Waals surface area contributed by atoms with Gasteiger partial charge in [-0.1, -0.05) is 26.8 Å². The first-order valence-corrected chi connectivity index (χ1v) is 8.55. The molecule has 0 bridgehead atoms. The lowest BCUT2D eigenvalue weighted by Gasteiger charge is -2.36. The van der Waals surface area contributed by atoms with E-state index in [1.54, 1.807) is 0 Å². The molecule has 0 aromatic carbocycles.